The van der Waals surface area contributed by atoms with E-state index in [0.717, 1.165) is 0 Å². The van der Waals surface area contributed by atoms with Crippen molar-refractivity contribution in [1.29, 1.82) is 0 Å². The number of ether oxygens (including phenoxy) is 1. The lowest BCUT2D eigenvalue weighted by atomic mass is 10.2. The highest BCUT2D eigenvalue weighted by Crippen LogP contribution is 2.15. The summed E-state index contributed by atoms with van der Waals surface area (Å²) < 4.78 is 5.25. The normalized spacial score (nSPS) is 22.3. The molecule has 1 saturated heterocycles. The summed E-state index contributed by atoms with van der Waals surface area (Å²) >= 11 is 0. The molecule has 16 heavy (non-hydrogen) atoms. The van der Waals surface area contributed by atoms with Crippen LogP contribution in [-0.4, -0.2) is 53.6 Å². The molecular formula is C11H20N2O3. The van der Waals surface area contributed by atoms with Gasteiger partial charge in [-0.3, -0.25) is 9.69 Å². The van der Waals surface area contributed by atoms with E-state index in [4.69, 9.17) is 4.74 Å². The fourth-order valence-electron chi connectivity index (χ4n) is 1.58. The minimum atomic E-state index is -0.525. The van der Waals surface area contributed by atoms with Gasteiger partial charge in [-0.1, -0.05) is 0 Å². The predicted molar refractivity (Wildman–Crippen MR) is 60.0 cm³/mol. The average molecular weight is 228 g/mol. The van der Waals surface area contributed by atoms with Crippen LogP contribution in [0.15, 0.2) is 0 Å². The van der Waals surface area contributed by atoms with Gasteiger partial charge in [0.2, 0.25) is 5.91 Å². The number of rotatable bonds is 0. The van der Waals surface area contributed by atoms with E-state index in [1.54, 1.807) is 18.9 Å². The molecule has 1 fully saturated rings. The number of hydrogen-bond acceptors (Lipinski definition) is 3. The van der Waals surface area contributed by atoms with Crippen LogP contribution in [0.5, 0.6) is 0 Å². The van der Waals surface area contributed by atoms with Crippen LogP contribution in [0.1, 0.15) is 27.7 Å². The van der Waals surface area contributed by atoms with E-state index in [1.807, 2.05) is 20.8 Å². The van der Waals surface area contributed by atoms with Crippen LogP contribution in [0, 0.1) is 0 Å². The van der Waals surface area contributed by atoms with Gasteiger partial charge < -0.3 is 9.64 Å². The lowest BCUT2D eigenvalue weighted by Crippen LogP contribution is -2.57. The molecule has 0 aromatic rings. The summed E-state index contributed by atoms with van der Waals surface area (Å²) in [7, 11) is 1.74. The zero-order valence-electron chi connectivity index (χ0n) is 10.6. The molecule has 1 aliphatic heterocycles. The molecular weight excluding hydrogens is 208 g/mol. The Morgan fingerprint density at radius 1 is 1.38 bits per heavy atom. The summed E-state index contributed by atoms with van der Waals surface area (Å²) in [5, 5.41) is 0. The van der Waals surface area contributed by atoms with Crippen molar-refractivity contribution in [3.8, 4) is 0 Å². The molecule has 0 bridgehead atoms. The predicted octanol–water partition coefficient (Wildman–Crippen LogP) is 1.08. The molecule has 1 rings (SSSR count). The molecule has 0 N–H and O–H groups in total. The van der Waals surface area contributed by atoms with Gasteiger partial charge in [0, 0.05) is 20.1 Å². The molecule has 0 aromatic carbocycles. The van der Waals surface area contributed by atoms with Crippen molar-refractivity contribution in [2.75, 3.05) is 20.1 Å². The molecule has 0 saturated carbocycles. The maximum atomic E-state index is 11.8. The number of nitrogens with zero attached hydrogens (tertiary/aromatic N) is 2. The Balaban J connectivity index is 2.67. The summed E-state index contributed by atoms with van der Waals surface area (Å²) in [4.78, 5) is 26.6. The third-order valence-corrected chi connectivity index (χ3v) is 2.51. The van der Waals surface area contributed by atoms with Crippen molar-refractivity contribution >= 4 is 12.0 Å². The molecule has 1 heterocycles. The lowest BCUT2D eigenvalue weighted by Gasteiger charge is -2.37. The Kier molecular flexibility index (Phi) is 3.45. The van der Waals surface area contributed by atoms with Gasteiger partial charge >= 0.3 is 6.09 Å². The number of amides is 2. The van der Waals surface area contributed by atoms with E-state index >= 15 is 0 Å². The molecule has 1 aliphatic rings. The summed E-state index contributed by atoms with van der Waals surface area (Å²) in [6, 6.07) is -0.436. The van der Waals surface area contributed by atoms with E-state index in [-0.39, 0.29) is 5.91 Å². The number of carbonyl (C=O) groups is 2. The fraction of sp³-hybridized carbons (Fsp3) is 0.818. The zero-order valence-corrected chi connectivity index (χ0v) is 10.6. The molecule has 1 atom stereocenters. The highest BCUT2D eigenvalue weighted by atomic mass is 16.6. The molecule has 92 valence electrons. The quantitative estimate of drug-likeness (QED) is 0.623. The Hall–Kier alpha value is -1.26. The number of carbonyl (C=O) groups excluding carboxylic acids is 2. The highest BCUT2D eigenvalue weighted by molar-refractivity contribution is 5.86. The van der Waals surface area contributed by atoms with Crippen LogP contribution in [0.3, 0.4) is 0 Å². The summed E-state index contributed by atoms with van der Waals surface area (Å²) in [5.41, 5.74) is -0.525. The van der Waals surface area contributed by atoms with Crippen LogP contribution in [0.25, 0.3) is 0 Å². The number of likely N-dealkylation sites (N-methyl/N-ethyl adjacent to an activating group) is 1. The minimum Gasteiger partial charge on any atom is -0.444 e. The molecule has 0 aromatic heterocycles. The van der Waals surface area contributed by atoms with Gasteiger partial charge in [-0.05, 0) is 27.7 Å². The van der Waals surface area contributed by atoms with E-state index < -0.39 is 17.7 Å². The van der Waals surface area contributed by atoms with Crippen molar-refractivity contribution in [3.05, 3.63) is 0 Å². The molecule has 0 aliphatic carbocycles. The van der Waals surface area contributed by atoms with Gasteiger partial charge in [-0.25, -0.2) is 4.79 Å². The average Bonchev–Trinajstić information content (AvgIpc) is 2.11. The highest BCUT2D eigenvalue weighted by Gasteiger charge is 2.34. The van der Waals surface area contributed by atoms with Crippen molar-refractivity contribution in [3.63, 3.8) is 0 Å². The molecule has 0 radical (unpaired) electrons. The van der Waals surface area contributed by atoms with E-state index in [2.05, 4.69) is 0 Å². The van der Waals surface area contributed by atoms with Crippen LogP contribution in [0.4, 0.5) is 4.79 Å². The first-order valence-corrected chi connectivity index (χ1v) is 5.47. The van der Waals surface area contributed by atoms with Gasteiger partial charge in [0.25, 0.3) is 0 Å². The maximum Gasteiger partial charge on any atom is 0.411 e. The smallest absolute Gasteiger partial charge is 0.411 e. The summed E-state index contributed by atoms with van der Waals surface area (Å²) in [6.45, 7) is 8.25. The van der Waals surface area contributed by atoms with E-state index in [1.165, 1.54) is 4.90 Å². The fourth-order valence-corrected chi connectivity index (χ4v) is 1.58. The number of hydrogen-bond donors (Lipinski definition) is 0. The van der Waals surface area contributed by atoms with Crippen LogP contribution >= 0.6 is 0 Å². The minimum absolute atomic E-state index is 0.0443. The summed E-state index contributed by atoms with van der Waals surface area (Å²) in [6.07, 6.45) is -0.415. The second-order valence-electron chi connectivity index (χ2n) is 5.11. The SMILES string of the molecule is C[C@@H]1C(=O)N(C)CCN1C(=O)OC(C)(C)C. The van der Waals surface area contributed by atoms with Gasteiger partial charge in [0.15, 0.2) is 0 Å². The standard InChI is InChI=1S/C11H20N2O3/c1-8-9(14)12(5)6-7-13(8)10(15)16-11(2,3)4/h8H,6-7H2,1-5H3/t8-/m1/s1. The van der Waals surface area contributed by atoms with Gasteiger partial charge in [-0.15, -0.1) is 0 Å². The molecule has 5 nitrogen and oxygen atoms in total. The third-order valence-electron chi connectivity index (χ3n) is 2.51. The monoisotopic (exact) mass is 228 g/mol. The first-order valence-electron chi connectivity index (χ1n) is 5.47. The third kappa shape index (κ3) is 2.87. The van der Waals surface area contributed by atoms with Gasteiger partial charge in [0.05, 0.1) is 0 Å². The maximum absolute atomic E-state index is 11.8. The van der Waals surface area contributed by atoms with Gasteiger partial charge in [-0.2, -0.15) is 0 Å². The first kappa shape index (κ1) is 12.8. The zero-order chi connectivity index (χ0) is 12.5. The Labute approximate surface area is 96.3 Å². The van der Waals surface area contributed by atoms with E-state index in [0.29, 0.717) is 13.1 Å². The second-order valence-corrected chi connectivity index (χ2v) is 5.11. The largest absolute Gasteiger partial charge is 0.444 e. The lowest BCUT2D eigenvalue weighted by molar-refractivity contribution is -0.139. The molecule has 0 spiro atoms. The van der Waals surface area contributed by atoms with Crippen molar-refractivity contribution in [1.82, 2.24) is 9.80 Å². The van der Waals surface area contributed by atoms with Crippen LogP contribution < -0.4 is 0 Å². The van der Waals surface area contributed by atoms with Gasteiger partial charge in [0.1, 0.15) is 11.6 Å². The van der Waals surface area contributed by atoms with Crippen molar-refractivity contribution < 1.29 is 14.3 Å². The molecule has 5 heteroatoms. The first-order chi connectivity index (χ1) is 7.22. The van der Waals surface area contributed by atoms with Crippen molar-refractivity contribution in [2.24, 2.45) is 0 Å². The Bertz CT molecular complexity index is 296. The van der Waals surface area contributed by atoms with Crippen molar-refractivity contribution in [2.45, 2.75) is 39.3 Å². The topological polar surface area (TPSA) is 49.9 Å². The Morgan fingerprint density at radius 2 is 1.94 bits per heavy atom. The second kappa shape index (κ2) is 4.31. The molecule has 2 amide bonds. The van der Waals surface area contributed by atoms with Crippen LogP contribution in [-0.2, 0) is 9.53 Å². The van der Waals surface area contributed by atoms with E-state index in [9.17, 15) is 9.59 Å². The summed E-state index contributed by atoms with van der Waals surface area (Å²) in [5.74, 6) is -0.0443. The molecule has 0 unspecified atom stereocenters. The van der Waals surface area contributed by atoms with Crippen LogP contribution in [0.2, 0.25) is 0 Å². The Morgan fingerprint density at radius 3 is 2.44 bits per heavy atom. The number of piperazine rings is 1.